The number of carbonyl (C=O) groups excluding carboxylic acids is 1. The average Bonchev–Trinajstić information content (AvgIpc) is 2.86. The number of ether oxygens (including phenoxy) is 1. The van der Waals surface area contributed by atoms with Gasteiger partial charge in [0.05, 0.1) is 6.61 Å². The van der Waals surface area contributed by atoms with E-state index in [1.807, 2.05) is 11.8 Å². The molecule has 2 heterocycles. The number of likely N-dealkylation sites (tertiary alicyclic amines) is 2. The van der Waals surface area contributed by atoms with Gasteiger partial charge in [0.2, 0.25) is 0 Å². The fourth-order valence-corrected chi connectivity index (χ4v) is 4.10. The molecule has 1 amide bonds. The minimum Gasteiger partial charge on any atom is -0.450 e. The van der Waals surface area contributed by atoms with Gasteiger partial charge in [-0.1, -0.05) is 13.8 Å². The molecule has 0 aromatic rings. The van der Waals surface area contributed by atoms with Crippen molar-refractivity contribution in [3.05, 3.63) is 0 Å². The molecule has 0 bridgehead atoms. The smallest absolute Gasteiger partial charge is 0.409 e. The molecule has 1 N–H and O–H groups in total. The Balaban J connectivity index is 1.75. The van der Waals surface area contributed by atoms with E-state index in [4.69, 9.17) is 10.1 Å². The maximum atomic E-state index is 11.9. The molecule has 1 unspecified atom stereocenters. The highest BCUT2D eigenvalue weighted by atomic mass is 16.6. The predicted octanol–water partition coefficient (Wildman–Crippen LogP) is 4.17. The summed E-state index contributed by atoms with van der Waals surface area (Å²) in [5, 5.41) is 8.36. The summed E-state index contributed by atoms with van der Waals surface area (Å²) in [4.78, 5) is 16.4. The van der Waals surface area contributed by atoms with Crippen molar-refractivity contribution in [2.75, 3.05) is 32.8 Å². The van der Waals surface area contributed by atoms with Gasteiger partial charge in [-0.15, -0.1) is 0 Å². The molecule has 0 aromatic carbocycles. The monoisotopic (exact) mass is 351 g/mol. The number of hydrogen-bond donors (Lipinski definition) is 1. The molecule has 0 aromatic heterocycles. The third kappa shape index (κ3) is 6.28. The summed E-state index contributed by atoms with van der Waals surface area (Å²) in [5.41, 5.74) is 0.975. The maximum Gasteiger partial charge on any atom is 0.409 e. The highest BCUT2D eigenvalue weighted by Crippen LogP contribution is 2.26. The van der Waals surface area contributed by atoms with Gasteiger partial charge in [-0.2, -0.15) is 0 Å². The molecule has 5 heteroatoms. The lowest BCUT2D eigenvalue weighted by Gasteiger charge is -2.37. The molecule has 144 valence electrons. The second-order valence-corrected chi connectivity index (χ2v) is 8.04. The molecule has 0 spiro atoms. The van der Waals surface area contributed by atoms with Crippen LogP contribution in [0.15, 0.2) is 0 Å². The van der Waals surface area contributed by atoms with Gasteiger partial charge in [0, 0.05) is 24.8 Å². The Kier molecular flexibility index (Phi) is 8.20. The molecule has 2 aliphatic heterocycles. The summed E-state index contributed by atoms with van der Waals surface area (Å²) >= 11 is 0. The highest BCUT2D eigenvalue weighted by molar-refractivity contribution is 5.83. The van der Waals surface area contributed by atoms with Crippen LogP contribution in [-0.2, 0) is 4.74 Å². The molecular formula is C20H37N3O2. The first kappa shape index (κ1) is 20.2. The Morgan fingerprint density at radius 1 is 1.12 bits per heavy atom. The lowest BCUT2D eigenvalue weighted by Crippen LogP contribution is -2.43. The summed E-state index contributed by atoms with van der Waals surface area (Å²) in [6, 6.07) is 0.588. The predicted molar refractivity (Wildman–Crippen MR) is 102 cm³/mol. The summed E-state index contributed by atoms with van der Waals surface area (Å²) in [7, 11) is 0. The number of hydrogen-bond acceptors (Lipinski definition) is 4. The Labute approximate surface area is 153 Å². The first-order valence-electron chi connectivity index (χ1n) is 10.2. The van der Waals surface area contributed by atoms with Crippen molar-refractivity contribution in [3.8, 4) is 0 Å². The number of nitrogens with zero attached hydrogens (tertiary/aromatic N) is 2. The van der Waals surface area contributed by atoms with Crippen LogP contribution in [0.2, 0.25) is 0 Å². The van der Waals surface area contributed by atoms with Gasteiger partial charge in [0.1, 0.15) is 0 Å². The van der Waals surface area contributed by atoms with E-state index >= 15 is 0 Å². The molecule has 2 rings (SSSR count). The van der Waals surface area contributed by atoms with Crippen molar-refractivity contribution in [3.63, 3.8) is 0 Å². The molecule has 0 aliphatic carbocycles. The number of amides is 1. The van der Waals surface area contributed by atoms with Crippen LogP contribution >= 0.6 is 0 Å². The number of nitrogens with one attached hydrogen (secondary N) is 1. The van der Waals surface area contributed by atoms with E-state index in [0.29, 0.717) is 24.5 Å². The second-order valence-electron chi connectivity index (χ2n) is 8.04. The van der Waals surface area contributed by atoms with Crippen molar-refractivity contribution in [2.24, 2.45) is 11.8 Å². The van der Waals surface area contributed by atoms with Gasteiger partial charge in [0.25, 0.3) is 0 Å². The highest BCUT2D eigenvalue weighted by Gasteiger charge is 2.29. The summed E-state index contributed by atoms with van der Waals surface area (Å²) in [6.45, 7) is 10.6. The van der Waals surface area contributed by atoms with E-state index < -0.39 is 0 Å². The summed E-state index contributed by atoms with van der Waals surface area (Å²) < 4.78 is 5.15. The van der Waals surface area contributed by atoms with Gasteiger partial charge in [-0.25, -0.2) is 4.79 Å². The van der Waals surface area contributed by atoms with Crippen LogP contribution in [0, 0.1) is 17.2 Å². The number of carbonyl (C=O) groups is 1. The third-order valence-electron chi connectivity index (χ3n) is 5.75. The number of rotatable bonds is 6. The fourth-order valence-electron chi connectivity index (χ4n) is 4.10. The van der Waals surface area contributed by atoms with Crippen molar-refractivity contribution in [1.82, 2.24) is 9.80 Å². The van der Waals surface area contributed by atoms with Crippen molar-refractivity contribution >= 4 is 11.8 Å². The van der Waals surface area contributed by atoms with Gasteiger partial charge in [-0.3, -0.25) is 0 Å². The summed E-state index contributed by atoms with van der Waals surface area (Å²) in [5.74, 6) is 1.19. The van der Waals surface area contributed by atoms with Crippen LogP contribution < -0.4 is 0 Å². The van der Waals surface area contributed by atoms with E-state index in [2.05, 4.69) is 18.7 Å². The molecular weight excluding hydrogens is 314 g/mol. The van der Waals surface area contributed by atoms with Crippen LogP contribution in [0.5, 0.6) is 0 Å². The molecule has 25 heavy (non-hydrogen) atoms. The first-order chi connectivity index (χ1) is 12.0. The van der Waals surface area contributed by atoms with Crippen molar-refractivity contribution in [1.29, 1.82) is 5.41 Å². The molecule has 0 saturated carbocycles. The molecule has 2 fully saturated rings. The fraction of sp³-hybridized carbons (Fsp3) is 0.900. The normalized spacial score (nSPS) is 23.5. The lowest BCUT2D eigenvalue weighted by atomic mass is 9.87. The van der Waals surface area contributed by atoms with E-state index in [1.165, 1.54) is 6.42 Å². The molecule has 2 saturated heterocycles. The van der Waals surface area contributed by atoms with E-state index in [1.54, 1.807) is 0 Å². The second kappa shape index (κ2) is 10.1. The van der Waals surface area contributed by atoms with E-state index in [0.717, 1.165) is 70.4 Å². The SMILES string of the molecule is CCOC(=O)N1CCCC(N2CCC(C(=N)CCC(C)C)CC2)CC1. The molecule has 1 atom stereocenters. The zero-order valence-corrected chi connectivity index (χ0v) is 16.4. The van der Waals surface area contributed by atoms with Crippen LogP contribution in [-0.4, -0.2) is 60.4 Å². The van der Waals surface area contributed by atoms with Gasteiger partial charge in [0.15, 0.2) is 0 Å². The maximum absolute atomic E-state index is 11.9. The van der Waals surface area contributed by atoms with Crippen LogP contribution in [0.25, 0.3) is 0 Å². The molecule has 0 radical (unpaired) electrons. The molecule has 5 nitrogen and oxygen atoms in total. The molecule has 2 aliphatic rings. The minimum absolute atomic E-state index is 0.152. The minimum atomic E-state index is -0.152. The zero-order chi connectivity index (χ0) is 18.2. The zero-order valence-electron chi connectivity index (χ0n) is 16.4. The topological polar surface area (TPSA) is 56.6 Å². The quantitative estimate of drug-likeness (QED) is 0.731. The largest absolute Gasteiger partial charge is 0.450 e. The first-order valence-corrected chi connectivity index (χ1v) is 10.2. The number of piperidine rings is 1. The standard InChI is InChI=1S/C20H37N3O2/c1-4-25-20(24)23-12-5-6-18(11-15-23)22-13-9-17(10-14-22)19(21)8-7-16(2)3/h16-18,21H,4-15H2,1-3H3. The van der Waals surface area contributed by atoms with E-state index in [9.17, 15) is 4.79 Å². The lowest BCUT2D eigenvalue weighted by molar-refractivity contribution is 0.105. The van der Waals surface area contributed by atoms with E-state index in [-0.39, 0.29) is 6.09 Å². The van der Waals surface area contributed by atoms with Crippen LogP contribution in [0.4, 0.5) is 4.79 Å². The van der Waals surface area contributed by atoms with Crippen LogP contribution in [0.3, 0.4) is 0 Å². The Hall–Kier alpha value is -1.10. The van der Waals surface area contributed by atoms with Gasteiger partial charge >= 0.3 is 6.09 Å². The Morgan fingerprint density at radius 3 is 2.48 bits per heavy atom. The Bertz CT molecular complexity index is 431. The van der Waals surface area contributed by atoms with Gasteiger partial charge in [-0.05, 0) is 76.8 Å². The van der Waals surface area contributed by atoms with Crippen molar-refractivity contribution in [2.45, 2.75) is 71.8 Å². The summed E-state index contributed by atoms with van der Waals surface area (Å²) in [6.07, 6.45) is 7.52. The Morgan fingerprint density at radius 2 is 1.84 bits per heavy atom. The van der Waals surface area contributed by atoms with Gasteiger partial charge < -0.3 is 19.9 Å². The van der Waals surface area contributed by atoms with Crippen molar-refractivity contribution < 1.29 is 9.53 Å². The van der Waals surface area contributed by atoms with Crippen LogP contribution in [0.1, 0.15) is 65.7 Å². The third-order valence-corrected chi connectivity index (χ3v) is 5.75. The average molecular weight is 352 g/mol.